The minimum atomic E-state index is -0.145. The Morgan fingerprint density at radius 2 is 1.24 bits per heavy atom. The van der Waals surface area contributed by atoms with Gasteiger partial charge in [-0.1, -0.05) is 42.0 Å². The number of hydrogen-bond donors (Lipinski definition) is 1. The van der Waals surface area contributed by atoms with E-state index in [-0.39, 0.29) is 5.54 Å². The van der Waals surface area contributed by atoms with Gasteiger partial charge in [-0.25, -0.2) is 0 Å². The summed E-state index contributed by atoms with van der Waals surface area (Å²) in [7, 11) is 0. The van der Waals surface area contributed by atoms with Crippen LogP contribution < -0.4 is 5.73 Å². The fourth-order valence-corrected chi connectivity index (χ4v) is 1.25. The molecule has 0 aliphatic heterocycles. The van der Waals surface area contributed by atoms with Crippen molar-refractivity contribution >= 4 is 11.6 Å². The minimum Gasteiger partial charge on any atom is -0.325 e. The van der Waals surface area contributed by atoms with Gasteiger partial charge in [0, 0.05) is 10.6 Å². The van der Waals surface area contributed by atoms with Crippen molar-refractivity contribution in [2.24, 2.45) is 5.73 Å². The molecule has 120 valence electrons. The molecule has 1 rings (SSSR count). The van der Waals surface area contributed by atoms with Gasteiger partial charge in [-0.15, -0.1) is 19.7 Å². The molecule has 0 spiro atoms. The second kappa shape index (κ2) is 16.7. The molecule has 21 heavy (non-hydrogen) atoms. The molecule has 0 aromatic heterocycles. The van der Waals surface area contributed by atoms with Crippen LogP contribution in [0.1, 0.15) is 40.2 Å². The zero-order valence-corrected chi connectivity index (χ0v) is 15.1. The summed E-state index contributed by atoms with van der Waals surface area (Å²) in [6.45, 7) is 19.8. The van der Waals surface area contributed by atoms with E-state index < -0.39 is 0 Å². The highest BCUT2D eigenvalue weighted by Gasteiger charge is 2.10. The first-order chi connectivity index (χ1) is 9.71. The summed E-state index contributed by atoms with van der Waals surface area (Å²) >= 11 is 5.75. The van der Waals surface area contributed by atoms with Crippen molar-refractivity contribution < 1.29 is 0 Å². The standard InChI is InChI=1S/C10H14ClN.3C3H6/c1-10(2,12)7-8-3-5-9(11)6-4-8;3*1-3-2/h3-6H,7,12H2,1-2H3;3*3H,1H2,2H3. The van der Waals surface area contributed by atoms with Gasteiger partial charge in [0.15, 0.2) is 0 Å². The molecule has 1 aromatic rings. The van der Waals surface area contributed by atoms with Crippen molar-refractivity contribution in [3.05, 3.63) is 72.8 Å². The minimum absolute atomic E-state index is 0.145. The van der Waals surface area contributed by atoms with E-state index in [2.05, 4.69) is 19.7 Å². The Balaban J connectivity index is -0.000000300. The third-order valence-electron chi connectivity index (χ3n) is 1.57. The smallest absolute Gasteiger partial charge is 0.0406 e. The van der Waals surface area contributed by atoms with E-state index in [1.165, 1.54) is 5.56 Å². The van der Waals surface area contributed by atoms with Gasteiger partial charge >= 0.3 is 0 Å². The first-order valence-corrected chi connectivity index (χ1v) is 7.34. The summed E-state index contributed by atoms with van der Waals surface area (Å²) in [4.78, 5) is 0. The lowest BCUT2D eigenvalue weighted by Crippen LogP contribution is -2.34. The van der Waals surface area contributed by atoms with Crippen LogP contribution in [0.4, 0.5) is 0 Å². The largest absolute Gasteiger partial charge is 0.325 e. The van der Waals surface area contributed by atoms with Crippen molar-refractivity contribution in [1.29, 1.82) is 0 Å². The summed E-state index contributed by atoms with van der Waals surface area (Å²) < 4.78 is 0. The van der Waals surface area contributed by atoms with Gasteiger partial charge in [-0.3, -0.25) is 0 Å². The molecule has 1 aromatic carbocycles. The van der Waals surface area contributed by atoms with Crippen molar-refractivity contribution in [2.45, 2.75) is 46.6 Å². The number of hydrogen-bond acceptors (Lipinski definition) is 1. The molecule has 0 heterocycles. The molecule has 0 unspecified atom stereocenters. The first kappa shape index (κ1) is 24.7. The Morgan fingerprint density at radius 3 is 1.48 bits per heavy atom. The number of halogens is 1. The fourth-order valence-electron chi connectivity index (χ4n) is 1.13. The molecule has 2 heteroatoms. The maximum atomic E-state index is 5.87. The number of allylic oxidation sites excluding steroid dienone is 3. The molecule has 0 fully saturated rings. The summed E-state index contributed by atoms with van der Waals surface area (Å²) in [6, 6.07) is 7.80. The van der Waals surface area contributed by atoms with E-state index in [1.807, 2.05) is 58.9 Å². The number of nitrogens with two attached hydrogens (primary N) is 1. The molecule has 0 bridgehead atoms. The van der Waals surface area contributed by atoms with Gasteiger partial charge in [-0.2, -0.15) is 0 Å². The zero-order valence-electron chi connectivity index (χ0n) is 14.3. The topological polar surface area (TPSA) is 26.0 Å². The van der Waals surface area contributed by atoms with Crippen LogP contribution in [0, 0.1) is 0 Å². The zero-order chi connectivity index (χ0) is 17.3. The van der Waals surface area contributed by atoms with Gasteiger partial charge in [0.25, 0.3) is 0 Å². The Hall–Kier alpha value is -1.31. The highest BCUT2D eigenvalue weighted by atomic mass is 35.5. The number of rotatable bonds is 2. The van der Waals surface area contributed by atoms with Crippen LogP contribution in [-0.4, -0.2) is 5.54 Å². The number of benzene rings is 1. The summed E-state index contributed by atoms with van der Waals surface area (Å²) in [5.74, 6) is 0. The van der Waals surface area contributed by atoms with Crippen LogP contribution in [0.5, 0.6) is 0 Å². The van der Waals surface area contributed by atoms with E-state index in [4.69, 9.17) is 17.3 Å². The normalized spacial score (nSPS) is 8.52. The third-order valence-corrected chi connectivity index (χ3v) is 1.82. The SMILES string of the molecule is C=CC.C=CC.C=CC.CC(C)(N)Cc1ccc(Cl)cc1. The molecule has 0 radical (unpaired) electrons. The van der Waals surface area contributed by atoms with Crippen molar-refractivity contribution in [3.8, 4) is 0 Å². The second-order valence-corrected chi connectivity index (χ2v) is 5.45. The molecule has 0 saturated carbocycles. The van der Waals surface area contributed by atoms with E-state index >= 15 is 0 Å². The molecular formula is C19H32ClN. The lowest BCUT2D eigenvalue weighted by Gasteiger charge is -2.18. The lowest BCUT2D eigenvalue weighted by molar-refractivity contribution is 0.517. The molecule has 1 nitrogen and oxygen atoms in total. The monoisotopic (exact) mass is 309 g/mol. The molecule has 0 atom stereocenters. The predicted molar refractivity (Wildman–Crippen MR) is 101 cm³/mol. The molecule has 0 saturated heterocycles. The Morgan fingerprint density at radius 1 is 0.952 bits per heavy atom. The predicted octanol–water partition coefficient (Wildman–Crippen LogP) is 6.20. The summed E-state index contributed by atoms with van der Waals surface area (Å²) in [6.07, 6.45) is 6.13. The second-order valence-electron chi connectivity index (χ2n) is 5.02. The molecule has 0 aliphatic carbocycles. The Kier molecular flexibility index (Phi) is 19.7. The van der Waals surface area contributed by atoms with Gasteiger partial charge < -0.3 is 5.73 Å². The lowest BCUT2D eigenvalue weighted by atomic mass is 9.96. The van der Waals surface area contributed by atoms with Crippen LogP contribution in [0.15, 0.2) is 62.2 Å². The molecular weight excluding hydrogens is 278 g/mol. The van der Waals surface area contributed by atoms with Gasteiger partial charge in [0.1, 0.15) is 0 Å². The third kappa shape index (κ3) is 27.8. The van der Waals surface area contributed by atoms with Crippen LogP contribution in [0.3, 0.4) is 0 Å². The maximum absolute atomic E-state index is 5.87. The summed E-state index contributed by atoms with van der Waals surface area (Å²) in [5, 5.41) is 0.772. The van der Waals surface area contributed by atoms with Gasteiger partial charge in [0.05, 0.1) is 0 Å². The first-order valence-electron chi connectivity index (χ1n) is 6.96. The molecule has 0 amide bonds. The Labute approximate surface area is 137 Å². The van der Waals surface area contributed by atoms with Crippen LogP contribution in [0.2, 0.25) is 5.02 Å². The molecule has 2 N–H and O–H groups in total. The van der Waals surface area contributed by atoms with Crippen molar-refractivity contribution in [3.63, 3.8) is 0 Å². The van der Waals surface area contributed by atoms with Crippen LogP contribution in [-0.2, 0) is 6.42 Å². The average Bonchev–Trinajstić information content (AvgIpc) is 2.33. The van der Waals surface area contributed by atoms with Crippen LogP contribution in [0.25, 0.3) is 0 Å². The van der Waals surface area contributed by atoms with Crippen LogP contribution >= 0.6 is 11.6 Å². The van der Waals surface area contributed by atoms with E-state index in [0.717, 1.165) is 11.4 Å². The van der Waals surface area contributed by atoms with E-state index in [0.29, 0.717) is 0 Å². The average molecular weight is 310 g/mol. The highest BCUT2D eigenvalue weighted by molar-refractivity contribution is 6.30. The molecule has 0 aliphatic rings. The highest BCUT2D eigenvalue weighted by Crippen LogP contribution is 2.13. The van der Waals surface area contributed by atoms with E-state index in [9.17, 15) is 0 Å². The van der Waals surface area contributed by atoms with Gasteiger partial charge in [0.2, 0.25) is 0 Å². The Bertz CT molecular complexity index is 344. The maximum Gasteiger partial charge on any atom is 0.0406 e. The fraction of sp³-hybridized carbons (Fsp3) is 0.368. The quantitative estimate of drug-likeness (QED) is 0.647. The van der Waals surface area contributed by atoms with Crippen molar-refractivity contribution in [2.75, 3.05) is 0 Å². The van der Waals surface area contributed by atoms with Gasteiger partial charge in [-0.05, 0) is 58.7 Å². The summed E-state index contributed by atoms with van der Waals surface area (Å²) in [5.41, 5.74) is 6.96. The van der Waals surface area contributed by atoms with E-state index in [1.54, 1.807) is 18.2 Å². The van der Waals surface area contributed by atoms with Crippen molar-refractivity contribution in [1.82, 2.24) is 0 Å².